The maximum atomic E-state index is 5.24. The van der Waals surface area contributed by atoms with Gasteiger partial charge in [-0.3, -0.25) is 0 Å². The van der Waals surface area contributed by atoms with Crippen molar-refractivity contribution < 1.29 is 4.74 Å². The Balaban J connectivity index is 2.18. The lowest BCUT2D eigenvalue weighted by Gasteiger charge is -2.32. The molecule has 3 heteroatoms. The zero-order valence-electron chi connectivity index (χ0n) is 10.5. The second-order valence-corrected chi connectivity index (χ2v) is 4.74. The first kappa shape index (κ1) is 12.9. The van der Waals surface area contributed by atoms with E-state index in [1.54, 1.807) is 0 Å². The molecule has 2 atom stereocenters. The van der Waals surface area contributed by atoms with Gasteiger partial charge in [0.15, 0.2) is 0 Å². The Morgan fingerprint density at radius 3 is 3.00 bits per heavy atom. The van der Waals surface area contributed by atoms with Crippen molar-refractivity contribution in [1.82, 2.24) is 10.2 Å². The predicted octanol–water partition coefficient (Wildman–Crippen LogP) is 1.34. The Labute approximate surface area is 94.2 Å². The molecule has 1 fully saturated rings. The molecule has 15 heavy (non-hydrogen) atoms. The highest BCUT2D eigenvalue weighted by atomic mass is 16.5. The first-order chi connectivity index (χ1) is 7.26. The number of hydrogen-bond donors (Lipinski definition) is 1. The Bertz CT molecular complexity index is 162. The summed E-state index contributed by atoms with van der Waals surface area (Å²) in [5.74, 6) is 0.758. The molecular formula is C12H26N2O. The molecule has 0 radical (unpaired) electrons. The van der Waals surface area contributed by atoms with Crippen molar-refractivity contribution in [3.63, 3.8) is 0 Å². The summed E-state index contributed by atoms with van der Waals surface area (Å²) >= 11 is 0. The third-order valence-corrected chi connectivity index (χ3v) is 3.38. The van der Waals surface area contributed by atoms with Crippen LogP contribution in [0.5, 0.6) is 0 Å². The van der Waals surface area contributed by atoms with Crippen molar-refractivity contribution in [2.24, 2.45) is 5.92 Å². The van der Waals surface area contributed by atoms with Crippen LogP contribution in [0.4, 0.5) is 0 Å². The summed E-state index contributed by atoms with van der Waals surface area (Å²) in [6, 6.07) is 0.632. The molecule has 0 aromatic carbocycles. The standard InChI is InChI=1S/C12H26N2O/c1-11(13-2)6-8-14-7-4-5-12(9-14)10-15-3/h11-13H,4-10H2,1-3H3. The van der Waals surface area contributed by atoms with Crippen molar-refractivity contribution >= 4 is 0 Å². The molecular weight excluding hydrogens is 188 g/mol. The van der Waals surface area contributed by atoms with Crippen molar-refractivity contribution in [2.75, 3.05) is 40.4 Å². The maximum absolute atomic E-state index is 5.24. The fraction of sp³-hybridized carbons (Fsp3) is 1.00. The number of methoxy groups -OCH3 is 1. The van der Waals surface area contributed by atoms with Gasteiger partial charge in [-0.15, -0.1) is 0 Å². The molecule has 0 bridgehead atoms. The molecule has 1 N–H and O–H groups in total. The SMILES string of the molecule is CNC(C)CCN1CCCC(COC)C1. The lowest BCUT2D eigenvalue weighted by molar-refractivity contribution is 0.0890. The van der Waals surface area contributed by atoms with Gasteiger partial charge in [-0.1, -0.05) is 0 Å². The van der Waals surface area contributed by atoms with E-state index in [4.69, 9.17) is 4.74 Å². The zero-order valence-corrected chi connectivity index (χ0v) is 10.5. The molecule has 1 aliphatic heterocycles. The van der Waals surface area contributed by atoms with Crippen LogP contribution in [0, 0.1) is 5.92 Å². The van der Waals surface area contributed by atoms with Crippen LogP contribution in [0.15, 0.2) is 0 Å². The molecule has 0 aromatic rings. The van der Waals surface area contributed by atoms with Crippen LogP contribution in [-0.2, 0) is 4.74 Å². The van der Waals surface area contributed by atoms with E-state index >= 15 is 0 Å². The van der Waals surface area contributed by atoms with Crippen LogP contribution in [0.2, 0.25) is 0 Å². The van der Waals surface area contributed by atoms with E-state index in [1.807, 2.05) is 14.2 Å². The fourth-order valence-electron chi connectivity index (χ4n) is 2.25. The van der Waals surface area contributed by atoms with Gasteiger partial charge in [0, 0.05) is 19.7 Å². The quantitative estimate of drug-likeness (QED) is 0.722. The van der Waals surface area contributed by atoms with E-state index in [0.29, 0.717) is 6.04 Å². The first-order valence-corrected chi connectivity index (χ1v) is 6.14. The Morgan fingerprint density at radius 2 is 2.33 bits per heavy atom. The number of ether oxygens (including phenoxy) is 1. The van der Waals surface area contributed by atoms with Crippen molar-refractivity contribution in [1.29, 1.82) is 0 Å². The van der Waals surface area contributed by atoms with Gasteiger partial charge >= 0.3 is 0 Å². The Hall–Kier alpha value is -0.120. The summed E-state index contributed by atoms with van der Waals surface area (Å²) in [5.41, 5.74) is 0. The topological polar surface area (TPSA) is 24.5 Å². The number of piperidine rings is 1. The second-order valence-electron chi connectivity index (χ2n) is 4.74. The van der Waals surface area contributed by atoms with Crippen molar-refractivity contribution in [3.8, 4) is 0 Å². The fourth-order valence-corrected chi connectivity index (χ4v) is 2.25. The van der Waals surface area contributed by atoms with Gasteiger partial charge in [0.25, 0.3) is 0 Å². The summed E-state index contributed by atoms with van der Waals surface area (Å²) in [6.45, 7) is 6.90. The smallest absolute Gasteiger partial charge is 0.0502 e. The molecule has 0 aromatic heterocycles. The molecule has 0 aliphatic carbocycles. The van der Waals surface area contributed by atoms with Gasteiger partial charge in [-0.25, -0.2) is 0 Å². The summed E-state index contributed by atoms with van der Waals surface area (Å²) in [5, 5.41) is 3.29. The van der Waals surface area contributed by atoms with Gasteiger partial charge in [0.05, 0.1) is 6.61 Å². The molecule has 2 unspecified atom stereocenters. The molecule has 90 valence electrons. The molecule has 0 saturated carbocycles. The summed E-state index contributed by atoms with van der Waals surface area (Å²) in [4.78, 5) is 2.58. The highest BCUT2D eigenvalue weighted by Gasteiger charge is 2.19. The number of hydrogen-bond acceptors (Lipinski definition) is 3. The van der Waals surface area contributed by atoms with E-state index in [-0.39, 0.29) is 0 Å². The minimum absolute atomic E-state index is 0.632. The molecule has 3 nitrogen and oxygen atoms in total. The Morgan fingerprint density at radius 1 is 1.53 bits per heavy atom. The van der Waals surface area contributed by atoms with Gasteiger partial charge in [-0.2, -0.15) is 0 Å². The average Bonchev–Trinajstić information content (AvgIpc) is 2.27. The molecule has 0 amide bonds. The van der Waals surface area contributed by atoms with Crippen LogP contribution in [0.25, 0.3) is 0 Å². The highest BCUT2D eigenvalue weighted by molar-refractivity contribution is 4.73. The minimum atomic E-state index is 0.632. The first-order valence-electron chi connectivity index (χ1n) is 6.14. The molecule has 1 saturated heterocycles. The highest BCUT2D eigenvalue weighted by Crippen LogP contribution is 2.16. The van der Waals surface area contributed by atoms with Crippen molar-refractivity contribution in [3.05, 3.63) is 0 Å². The largest absolute Gasteiger partial charge is 0.384 e. The third kappa shape index (κ3) is 4.96. The van der Waals surface area contributed by atoms with Crippen LogP contribution < -0.4 is 5.32 Å². The summed E-state index contributed by atoms with van der Waals surface area (Å²) in [6.07, 6.45) is 3.92. The predicted molar refractivity (Wildman–Crippen MR) is 64.2 cm³/mol. The van der Waals surface area contributed by atoms with E-state index < -0.39 is 0 Å². The second kappa shape index (κ2) is 7.20. The molecule has 1 heterocycles. The van der Waals surface area contributed by atoms with Crippen molar-refractivity contribution in [2.45, 2.75) is 32.2 Å². The molecule has 1 rings (SSSR count). The Kier molecular flexibility index (Phi) is 6.22. The van der Waals surface area contributed by atoms with Crippen LogP contribution in [0.3, 0.4) is 0 Å². The molecule has 0 spiro atoms. The number of rotatable bonds is 6. The maximum Gasteiger partial charge on any atom is 0.0502 e. The van der Waals surface area contributed by atoms with Gasteiger partial charge in [0.2, 0.25) is 0 Å². The summed E-state index contributed by atoms with van der Waals surface area (Å²) in [7, 11) is 3.84. The van der Waals surface area contributed by atoms with E-state index in [2.05, 4.69) is 17.1 Å². The molecule has 1 aliphatic rings. The minimum Gasteiger partial charge on any atom is -0.384 e. The number of nitrogens with one attached hydrogen (secondary N) is 1. The van der Waals surface area contributed by atoms with E-state index in [1.165, 1.54) is 38.9 Å². The van der Waals surface area contributed by atoms with Crippen LogP contribution in [0.1, 0.15) is 26.2 Å². The van der Waals surface area contributed by atoms with Gasteiger partial charge in [0.1, 0.15) is 0 Å². The van der Waals surface area contributed by atoms with E-state index in [0.717, 1.165) is 12.5 Å². The van der Waals surface area contributed by atoms with Crippen LogP contribution in [-0.4, -0.2) is 51.3 Å². The van der Waals surface area contributed by atoms with Crippen LogP contribution >= 0.6 is 0 Å². The van der Waals surface area contributed by atoms with Gasteiger partial charge < -0.3 is 15.0 Å². The third-order valence-electron chi connectivity index (χ3n) is 3.38. The van der Waals surface area contributed by atoms with Gasteiger partial charge in [-0.05, 0) is 52.2 Å². The lowest BCUT2D eigenvalue weighted by atomic mass is 9.98. The van der Waals surface area contributed by atoms with E-state index in [9.17, 15) is 0 Å². The normalized spacial score (nSPS) is 25.4. The number of likely N-dealkylation sites (tertiary alicyclic amines) is 1. The summed E-state index contributed by atoms with van der Waals surface area (Å²) < 4.78 is 5.24. The lowest BCUT2D eigenvalue weighted by Crippen LogP contribution is -2.39. The number of nitrogens with zero attached hydrogens (tertiary/aromatic N) is 1. The average molecular weight is 214 g/mol. The zero-order chi connectivity index (χ0) is 11.1. The monoisotopic (exact) mass is 214 g/mol.